The van der Waals surface area contributed by atoms with Crippen molar-refractivity contribution in [3.8, 4) is 11.5 Å². The van der Waals surface area contributed by atoms with Crippen LogP contribution in [0, 0.1) is 11.8 Å². The largest absolute Gasteiger partial charge is 0.504 e. The van der Waals surface area contributed by atoms with E-state index in [9.17, 15) is 9.90 Å². The Labute approximate surface area is 137 Å². The highest BCUT2D eigenvalue weighted by Gasteiger charge is 2.62. The smallest absolute Gasteiger partial charge is 0.174 e. The second-order valence-electron chi connectivity index (χ2n) is 7.83. The van der Waals surface area contributed by atoms with Crippen LogP contribution in [0.3, 0.4) is 0 Å². The predicted octanol–water partition coefficient (Wildman–Crippen LogP) is 2.51. The lowest BCUT2D eigenvalue weighted by atomic mass is 9.52. The van der Waals surface area contributed by atoms with Crippen LogP contribution in [-0.4, -0.2) is 42.5 Å². The van der Waals surface area contributed by atoms with Gasteiger partial charge < -0.3 is 14.7 Å². The summed E-state index contributed by atoms with van der Waals surface area (Å²) < 4.78 is 6.11. The van der Waals surface area contributed by atoms with Crippen LogP contribution in [0.4, 0.5) is 0 Å². The van der Waals surface area contributed by atoms with Crippen molar-refractivity contribution in [2.24, 2.45) is 11.8 Å². The number of rotatable bonds is 3. The Hall–Kier alpha value is -1.55. The van der Waals surface area contributed by atoms with Gasteiger partial charge in [-0.2, -0.15) is 0 Å². The summed E-state index contributed by atoms with van der Waals surface area (Å²) >= 11 is 0. The Kier molecular flexibility index (Phi) is 3.24. The number of phenolic OH excluding ortho intramolecular Hbond substituents is 1. The number of Topliss-reactive ketones (excluding diaryl/α,β-unsaturated/α-hetero) is 1. The van der Waals surface area contributed by atoms with Gasteiger partial charge in [-0.25, -0.2) is 0 Å². The third-order valence-corrected chi connectivity index (χ3v) is 6.25. The minimum absolute atomic E-state index is 0.184. The fraction of sp³-hybridized carbons (Fsp3) is 0.632. The monoisotopic (exact) mass is 315 g/mol. The highest BCUT2D eigenvalue weighted by atomic mass is 16.5. The van der Waals surface area contributed by atoms with E-state index >= 15 is 0 Å². The van der Waals surface area contributed by atoms with E-state index in [1.165, 1.54) is 5.56 Å². The molecule has 3 unspecified atom stereocenters. The zero-order valence-corrected chi connectivity index (χ0v) is 14.1. The van der Waals surface area contributed by atoms with Crippen molar-refractivity contribution in [2.45, 2.75) is 44.1 Å². The van der Waals surface area contributed by atoms with Crippen molar-refractivity contribution in [1.82, 2.24) is 4.90 Å². The van der Waals surface area contributed by atoms with E-state index in [1.807, 2.05) is 6.07 Å². The van der Waals surface area contributed by atoms with Gasteiger partial charge in [0.05, 0.1) is 0 Å². The van der Waals surface area contributed by atoms with Gasteiger partial charge in [0.1, 0.15) is 0 Å². The molecular weight excluding hydrogens is 290 g/mol. The first-order valence-corrected chi connectivity index (χ1v) is 8.64. The molecule has 3 aliphatic rings. The molecule has 0 saturated heterocycles. The molecule has 0 radical (unpaired) electrons. The van der Waals surface area contributed by atoms with Crippen molar-refractivity contribution in [3.63, 3.8) is 0 Å². The summed E-state index contributed by atoms with van der Waals surface area (Å²) in [5, 5.41) is 10.3. The molecule has 1 fully saturated rings. The number of ether oxygens (including phenoxy) is 1. The summed E-state index contributed by atoms with van der Waals surface area (Å²) in [5.41, 5.74) is 2.15. The second kappa shape index (κ2) is 4.97. The zero-order valence-electron chi connectivity index (χ0n) is 14.1. The van der Waals surface area contributed by atoms with Crippen LogP contribution in [0.15, 0.2) is 12.1 Å². The molecular formula is C19H25NO3. The van der Waals surface area contributed by atoms with Gasteiger partial charge in [-0.3, -0.25) is 4.79 Å². The van der Waals surface area contributed by atoms with Gasteiger partial charge in [0.2, 0.25) is 0 Å². The molecule has 4 rings (SSSR count). The summed E-state index contributed by atoms with van der Waals surface area (Å²) in [6.45, 7) is 3.23. The molecule has 1 N–H and O–H groups in total. The minimum atomic E-state index is -0.411. The van der Waals surface area contributed by atoms with Crippen LogP contribution in [0.5, 0.6) is 11.5 Å². The number of hydrogen-bond donors (Lipinski definition) is 1. The van der Waals surface area contributed by atoms with Crippen molar-refractivity contribution in [2.75, 3.05) is 20.6 Å². The van der Waals surface area contributed by atoms with Gasteiger partial charge in [0.25, 0.3) is 0 Å². The third kappa shape index (κ3) is 1.90. The Morgan fingerprint density at radius 3 is 2.91 bits per heavy atom. The SMILES string of the molecule is CC1Cc2ccc(O)c3c2[C@]2(CCN(C)C)C(O3)C(=O)CCC12. The number of benzene rings is 1. The Morgan fingerprint density at radius 1 is 1.39 bits per heavy atom. The number of nitrogens with zero attached hydrogens (tertiary/aromatic N) is 1. The lowest BCUT2D eigenvalue weighted by Crippen LogP contribution is -2.57. The van der Waals surface area contributed by atoms with Gasteiger partial charge in [-0.05, 0) is 63.4 Å². The second-order valence-corrected chi connectivity index (χ2v) is 7.83. The molecule has 4 heteroatoms. The Bertz CT molecular complexity index is 669. The Balaban J connectivity index is 1.94. The average Bonchev–Trinajstić information content (AvgIpc) is 2.86. The molecule has 0 aromatic heterocycles. The molecule has 1 aromatic rings. The van der Waals surface area contributed by atoms with Gasteiger partial charge >= 0.3 is 0 Å². The van der Waals surface area contributed by atoms with Crippen molar-refractivity contribution in [1.29, 1.82) is 0 Å². The molecule has 2 aliphatic carbocycles. The lowest BCUT2D eigenvalue weighted by molar-refractivity contribution is -0.134. The standard InChI is InChI=1S/C19H25NO3/c1-11-10-12-4-6-14(21)17-16(12)19(8-9-20(2)3)13(11)5-7-15(22)18(19)23-17/h4,6,11,13,18,21H,5,7-10H2,1-3H3/t11?,13?,18?,19-/m1/s1. The molecule has 0 bridgehead atoms. The van der Waals surface area contributed by atoms with Crippen LogP contribution in [0.25, 0.3) is 0 Å². The first-order valence-electron chi connectivity index (χ1n) is 8.64. The van der Waals surface area contributed by atoms with E-state index in [-0.39, 0.29) is 16.9 Å². The molecule has 4 nitrogen and oxygen atoms in total. The summed E-state index contributed by atoms with van der Waals surface area (Å²) in [7, 11) is 4.14. The summed E-state index contributed by atoms with van der Waals surface area (Å²) in [6.07, 6.45) is 3.07. The van der Waals surface area contributed by atoms with E-state index in [2.05, 4.69) is 25.9 Å². The molecule has 4 atom stereocenters. The zero-order chi connectivity index (χ0) is 16.4. The maximum Gasteiger partial charge on any atom is 0.174 e. The van der Waals surface area contributed by atoms with Gasteiger partial charge in [0.15, 0.2) is 23.4 Å². The van der Waals surface area contributed by atoms with Crippen LogP contribution in [-0.2, 0) is 16.6 Å². The van der Waals surface area contributed by atoms with Crippen LogP contribution >= 0.6 is 0 Å². The molecule has 1 aliphatic heterocycles. The highest BCUT2D eigenvalue weighted by molar-refractivity contribution is 5.89. The fourth-order valence-electron chi connectivity index (χ4n) is 5.32. The van der Waals surface area contributed by atoms with E-state index in [0.717, 1.165) is 31.4 Å². The average molecular weight is 315 g/mol. The lowest BCUT2D eigenvalue weighted by Gasteiger charge is -2.50. The maximum atomic E-state index is 12.7. The van der Waals surface area contributed by atoms with Gasteiger partial charge in [-0.15, -0.1) is 0 Å². The van der Waals surface area contributed by atoms with Crippen molar-refractivity contribution >= 4 is 5.78 Å². The molecule has 1 saturated carbocycles. The quantitative estimate of drug-likeness (QED) is 0.931. The highest BCUT2D eigenvalue weighted by Crippen LogP contribution is 2.62. The van der Waals surface area contributed by atoms with E-state index < -0.39 is 6.10 Å². The maximum absolute atomic E-state index is 12.7. The molecule has 124 valence electrons. The van der Waals surface area contributed by atoms with E-state index in [0.29, 0.717) is 24.0 Å². The van der Waals surface area contributed by atoms with Crippen LogP contribution in [0.1, 0.15) is 37.3 Å². The van der Waals surface area contributed by atoms with Crippen molar-refractivity contribution in [3.05, 3.63) is 23.3 Å². The molecule has 1 aromatic carbocycles. The van der Waals surface area contributed by atoms with Crippen LogP contribution < -0.4 is 4.74 Å². The minimum Gasteiger partial charge on any atom is -0.504 e. The summed E-state index contributed by atoms with van der Waals surface area (Å²) in [4.78, 5) is 14.8. The molecule has 0 amide bonds. The number of ketones is 1. The molecule has 23 heavy (non-hydrogen) atoms. The van der Waals surface area contributed by atoms with E-state index in [4.69, 9.17) is 4.74 Å². The summed E-state index contributed by atoms with van der Waals surface area (Å²) in [6, 6.07) is 3.76. The normalized spacial score (nSPS) is 34.4. The predicted molar refractivity (Wildman–Crippen MR) is 88.0 cm³/mol. The van der Waals surface area contributed by atoms with E-state index in [1.54, 1.807) is 6.07 Å². The number of phenols is 1. The fourth-order valence-corrected chi connectivity index (χ4v) is 5.32. The third-order valence-electron chi connectivity index (χ3n) is 6.25. The van der Waals surface area contributed by atoms with Crippen molar-refractivity contribution < 1.29 is 14.6 Å². The number of carbonyl (C=O) groups is 1. The van der Waals surface area contributed by atoms with Gasteiger partial charge in [-0.1, -0.05) is 13.0 Å². The first-order chi connectivity index (χ1) is 10.9. The molecule has 1 heterocycles. The van der Waals surface area contributed by atoms with Crippen LogP contribution in [0.2, 0.25) is 0 Å². The first kappa shape index (κ1) is 15.0. The number of carbonyl (C=O) groups excluding carboxylic acids is 1. The topological polar surface area (TPSA) is 49.8 Å². The number of aromatic hydroxyl groups is 1. The van der Waals surface area contributed by atoms with Gasteiger partial charge in [0, 0.05) is 17.4 Å². The molecule has 0 spiro atoms. The summed E-state index contributed by atoms with van der Waals surface area (Å²) in [5.74, 6) is 1.97. The number of hydrogen-bond acceptors (Lipinski definition) is 4. The Morgan fingerprint density at radius 2 is 2.17 bits per heavy atom.